The Morgan fingerprint density at radius 1 is 0.914 bits per heavy atom. The van der Waals surface area contributed by atoms with E-state index in [9.17, 15) is 4.79 Å². The molecule has 1 heterocycles. The molecular weight excluding hydrogens is 440 g/mol. The van der Waals surface area contributed by atoms with Crippen molar-refractivity contribution in [1.82, 2.24) is 10.2 Å². The molecule has 0 aliphatic carbocycles. The van der Waals surface area contributed by atoms with Gasteiger partial charge in [0.15, 0.2) is 0 Å². The van der Waals surface area contributed by atoms with E-state index in [1.54, 1.807) is 12.1 Å². The number of rotatable bonds is 11. The highest BCUT2D eigenvalue weighted by atomic mass is 16.5. The first kappa shape index (κ1) is 24.8. The topological polar surface area (TPSA) is 60.0 Å². The van der Waals surface area contributed by atoms with Gasteiger partial charge in [-0.1, -0.05) is 48.5 Å². The molecule has 3 aromatic rings. The van der Waals surface area contributed by atoms with Crippen molar-refractivity contribution < 1.29 is 19.0 Å². The fraction of sp³-hybridized carbons (Fsp3) is 0.345. The third-order valence-electron chi connectivity index (χ3n) is 6.22. The predicted molar refractivity (Wildman–Crippen MR) is 137 cm³/mol. The summed E-state index contributed by atoms with van der Waals surface area (Å²) in [6, 6.07) is 25.7. The quantitative estimate of drug-likeness (QED) is 0.437. The number of carbonyl (C=O) groups excluding carboxylic acids is 1. The number of ether oxygens (including phenoxy) is 3. The lowest BCUT2D eigenvalue weighted by atomic mass is 10.1. The molecule has 0 saturated carbocycles. The number of likely N-dealkylation sites (N-methyl/N-ethyl adjacent to an activating group) is 1. The maximum atomic E-state index is 12.7. The molecule has 1 aliphatic heterocycles. The minimum atomic E-state index is -0.139. The normalized spacial score (nSPS) is 14.0. The molecule has 184 valence electrons. The summed E-state index contributed by atoms with van der Waals surface area (Å²) < 4.78 is 17.3. The highest BCUT2D eigenvalue weighted by Crippen LogP contribution is 2.17. The molecule has 6 heteroatoms. The van der Waals surface area contributed by atoms with Crippen molar-refractivity contribution in [3.05, 3.63) is 95.6 Å². The molecule has 1 N–H and O–H groups in total. The maximum Gasteiger partial charge on any atom is 0.251 e. The van der Waals surface area contributed by atoms with Crippen molar-refractivity contribution >= 4 is 5.91 Å². The fourth-order valence-electron chi connectivity index (χ4n) is 4.11. The number of benzene rings is 3. The van der Waals surface area contributed by atoms with E-state index in [0.717, 1.165) is 49.5 Å². The number of carbonyl (C=O) groups is 1. The lowest BCUT2D eigenvalue weighted by molar-refractivity contribution is 0.0392. The SMILES string of the molecule is CN(CCOc1cccc(CNC(=O)c2cccc(OCc3ccccc3)c2)c1)C1CCOCC1. The summed E-state index contributed by atoms with van der Waals surface area (Å²) in [6.45, 7) is 4.06. The Balaban J connectivity index is 1.23. The van der Waals surface area contributed by atoms with Crippen LogP contribution in [-0.4, -0.2) is 50.3 Å². The first-order chi connectivity index (χ1) is 17.2. The molecule has 0 atom stereocenters. The maximum absolute atomic E-state index is 12.7. The minimum Gasteiger partial charge on any atom is -0.492 e. The van der Waals surface area contributed by atoms with E-state index in [1.165, 1.54) is 0 Å². The van der Waals surface area contributed by atoms with E-state index in [4.69, 9.17) is 14.2 Å². The predicted octanol–water partition coefficient (Wildman–Crippen LogP) is 4.69. The van der Waals surface area contributed by atoms with Gasteiger partial charge in [0.25, 0.3) is 5.91 Å². The lowest BCUT2D eigenvalue weighted by Crippen LogP contribution is -2.38. The van der Waals surface area contributed by atoms with Gasteiger partial charge in [-0.05, 0) is 61.3 Å². The van der Waals surface area contributed by atoms with Gasteiger partial charge in [0, 0.05) is 37.9 Å². The fourth-order valence-corrected chi connectivity index (χ4v) is 4.11. The zero-order valence-corrected chi connectivity index (χ0v) is 20.3. The average molecular weight is 475 g/mol. The van der Waals surface area contributed by atoms with Crippen LogP contribution in [0, 0.1) is 0 Å². The van der Waals surface area contributed by atoms with Gasteiger partial charge in [0.1, 0.15) is 24.7 Å². The van der Waals surface area contributed by atoms with Crippen molar-refractivity contribution in [2.75, 3.05) is 33.4 Å². The smallest absolute Gasteiger partial charge is 0.251 e. The molecular formula is C29H34N2O4. The molecule has 35 heavy (non-hydrogen) atoms. The van der Waals surface area contributed by atoms with Crippen molar-refractivity contribution in [2.45, 2.75) is 32.0 Å². The van der Waals surface area contributed by atoms with Crippen molar-refractivity contribution in [3.63, 3.8) is 0 Å². The molecule has 0 spiro atoms. The number of nitrogens with one attached hydrogen (secondary N) is 1. The van der Waals surface area contributed by atoms with Crippen LogP contribution in [0.3, 0.4) is 0 Å². The largest absolute Gasteiger partial charge is 0.492 e. The number of hydrogen-bond donors (Lipinski definition) is 1. The van der Waals surface area contributed by atoms with Crippen molar-refractivity contribution in [2.24, 2.45) is 0 Å². The molecule has 6 nitrogen and oxygen atoms in total. The highest BCUT2D eigenvalue weighted by molar-refractivity contribution is 5.94. The third kappa shape index (κ3) is 7.84. The summed E-state index contributed by atoms with van der Waals surface area (Å²) >= 11 is 0. The Bertz CT molecular complexity index is 1070. The second kappa shape index (κ2) is 12.9. The summed E-state index contributed by atoms with van der Waals surface area (Å²) in [5.74, 6) is 1.34. The van der Waals surface area contributed by atoms with E-state index < -0.39 is 0 Å². The monoisotopic (exact) mass is 474 g/mol. The Morgan fingerprint density at radius 3 is 2.43 bits per heavy atom. The van der Waals surface area contributed by atoms with Crippen LogP contribution in [0.1, 0.15) is 34.3 Å². The van der Waals surface area contributed by atoms with Crippen LogP contribution in [0.15, 0.2) is 78.9 Å². The molecule has 1 amide bonds. The van der Waals surface area contributed by atoms with Crippen LogP contribution in [-0.2, 0) is 17.9 Å². The molecule has 0 radical (unpaired) electrons. The first-order valence-corrected chi connectivity index (χ1v) is 12.2. The number of nitrogens with zero attached hydrogens (tertiary/aromatic N) is 1. The summed E-state index contributed by atoms with van der Waals surface area (Å²) in [4.78, 5) is 15.1. The number of amides is 1. The highest BCUT2D eigenvalue weighted by Gasteiger charge is 2.18. The van der Waals surface area contributed by atoms with Crippen LogP contribution >= 0.6 is 0 Å². The molecule has 1 aliphatic rings. The van der Waals surface area contributed by atoms with E-state index in [-0.39, 0.29) is 5.91 Å². The van der Waals surface area contributed by atoms with Crippen LogP contribution in [0.4, 0.5) is 0 Å². The zero-order chi connectivity index (χ0) is 24.3. The third-order valence-corrected chi connectivity index (χ3v) is 6.22. The Labute approximate surface area is 207 Å². The second-order valence-corrected chi connectivity index (χ2v) is 8.80. The van der Waals surface area contributed by atoms with Gasteiger partial charge in [-0.3, -0.25) is 9.69 Å². The van der Waals surface area contributed by atoms with E-state index in [2.05, 4.69) is 17.3 Å². The van der Waals surface area contributed by atoms with Gasteiger partial charge in [-0.25, -0.2) is 0 Å². The molecule has 1 fully saturated rings. The Kier molecular flexibility index (Phi) is 9.15. The van der Waals surface area contributed by atoms with Crippen LogP contribution in [0.5, 0.6) is 11.5 Å². The lowest BCUT2D eigenvalue weighted by Gasteiger charge is -2.31. The van der Waals surface area contributed by atoms with E-state index in [0.29, 0.717) is 37.1 Å². The van der Waals surface area contributed by atoms with Crippen LogP contribution in [0.25, 0.3) is 0 Å². The van der Waals surface area contributed by atoms with Crippen LogP contribution < -0.4 is 14.8 Å². The zero-order valence-electron chi connectivity index (χ0n) is 20.3. The van der Waals surface area contributed by atoms with Gasteiger partial charge in [0.2, 0.25) is 0 Å². The molecule has 0 bridgehead atoms. The Hall–Kier alpha value is -3.35. The van der Waals surface area contributed by atoms with Gasteiger partial charge < -0.3 is 19.5 Å². The minimum absolute atomic E-state index is 0.139. The van der Waals surface area contributed by atoms with Gasteiger partial charge in [0.05, 0.1) is 0 Å². The van der Waals surface area contributed by atoms with E-state index >= 15 is 0 Å². The molecule has 0 aromatic heterocycles. The van der Waals surface area contributed by atoms with Gasteiger partial charge in [-0.2, -0.15) is 0 Å². The first-order valence-electron chi connectivity index (χ1n) is 12.2. The summed E-state index contributed by atoms with van der Waals surface area (Å²) in [7, 11) is 2.15. The van der Waals surface area contributed by atoms with Crippen molar-refractivity contribution in [3.8, 4) is 11.5 Å². The van der Waals surface area contributed by atoms with E-state index in [1.807, 2.05) is 66.7 Å². The molecule has 3 aromatic carbocycles. The summed E-state index contributed by atoms with van der Waals surface area (Å²) in [6.07, 6.45) is 2.15. The molecule has 1 saturated heterocycles. The van der Waals surface area contributed by atoms with Gasteiger partial charge in [-0.15, -0.1) is 0 Å². The molecule has 0 unspecified atom stereocenters. The second-order valence-electron chi connectivity index (χ2n) is 8.80. The van der Waals surface area contributed by atoms with Crippen molar-refractivity contribution in [1.29, 1.82) is 0 Å². The molecule has 4 rings (SSSR count). The average Bonchev–Trinajstić information content (AvgIpc) is 2.92. The summed E-state index contributed by atoms with van der Waals surface area (Å²) in [5.41, 5.74) is 2.64. The van der Waals surface area contributed by atoms with Crippen LogP contribution in [0.2, 0.25) is 0 Å². The number of hydrogen-bond acceptors (Lipinski definition) is 5. The summed E-state index contributed by atoms with van der Waals surface area (Å²) in [5, 5.41) is 2.99. The van der Waals surface area contributed by atoms with Gasteiger partial charge >= 0.3 is 0 Å². The Morgan fingerprint density at radius 2 is 1.63 bits per heavy atom. The standard InChI is InChI=1S/C29H34N2O4/c1-31(26-13-16-33-17-14-26)15-18-34-27-11-5-9-24(19-27)21-30-29(32)25-10-6-12-28(20-25)35-22-23-7-3-2-4-8-23/h2-12,19-20,26H,13-18,21-22H2,1H3,(H,30,32).